The first-order chi connectivity index (χ1) is 34.2. The number of amides is 2. The molecule has 6 rings (SSSR count). The lowest BCUT2D eigenvalue weighted by Gasteiger charge is -2.33. The molecule has 74 heavy (non-hydrogen) atoms. The molecule has 0 radical (unpaired) electrons. The Morgan fingerprint density at radius 2 is 1.11 bits per heavy atom. The molecular weight excluding hydrogens is 1010 g/mol. The number of halogens is 6. The first kappa shape index (κ1) is 63.7. The van der Waals surface area contributed by atoms with E-state index < -0.39 is 51.8 Å². The molecule has 0 bridgehead atoms. The van der Waals surface area contributed by atoms with Gasteiger partial charge in [0.15, 0.2) is 0 Å². The lowest BCUT2D eigenvalue weighted by atomic mass is 9.81. The summed E-state index contributed by atoms with van der Waals surface area (Å²) in [6, 6.07) is 19.2. The second-order valence-corrected chi connectivity index (χ2v) is 20.3. The summed E-state index contributed by atoms with van der Waals surface area (Å²) in [7, 11) is -4.98. The number of nitrogens with zero attached hydrogens (tertiary/aromatic N) is 4. The predicted molar refractivity (Wildman–Crippen MR) is 264 cm³/mol. The summed E-state index contributed by atoms with van der Waals surface area (Å²) < 4.78 is 100. The Bertz CT molecular complexity index is 2650. The number of piperidine rings is 2. The quantitative estimate of drug-likeness (QED) is 0.0222. The van der Waals surface area contributed by atoms with Gasteiger partial charge < -0.3 is 43.0 Å². The van der Waals surface area contributed by atoms with Crippen LogP contribution in [0.5, 0.6) is 0 Å². The van der Waals surface area contributed by atoms with Gasteiger partial charge in [0, 0.05) is 71.1 Å². The van der Waals surface area contributed by atoms with E-state index in [0.717, 1.165) is 59.3 Å². The number of allylic oxidation sites excluding steroid dienone is 2. The maximum Gasteiger partial charge on any atom is 0.534 e. The number of methoxy groups -OCH3 is 2. The van der Waals surface area contributed by atoms with Gasteiger partial charge in [0.1, 0.15) is 17.0 Å². The topological polar surface area (TPSA) is 221 Å². The Morgan fingerprint density at radius 3 is 1.54 bits per heavy atom. The van der Waals surface area contributed by atoms with Gasteiger partial charge in [-0.05, 0) is 120 Å². The number of esters is 2. The van der Waals surface area contributed by atoms with Crippen molar-refractivity contribution in [2.45, 2.75) is 96.8 Å². The molecule has 0 saturated carbocycles. The van der Waals surface area contributed by atoms with Crippen LogP contribution in [0.1, 0.15) is 85.6 Å². The highest BCUT2D eigenvalue weighted by molar-refractivity contribution is 7.87. The zero-order chi connectivity index (χ0) is 54.7. The number of carbonyl (C=O) groups excluding carboxylic acids is 4. The molecular formula is C49H63BF6N4O13S. The molecule has 2 aliphatic rings. The SMILES string of the molecule is COC(=O)/C=C(/CC1CCN(C(=O)OC(C)(C)C)CC1)OS(=O)(=O)C(F)(F)F.COC(=O)/C=C(/CC1CCN(C(=O)OC(C)(C)C)CC1)c1cnc2ccccc2c1.F.FF.OB(O)c1cnc2ccccc2c1. The highest BCUT2D eigenvalue weighted by Gasteiger charge is 2.49. The standard InChI is InChI=1S/C24H30N2O4.C16H24F3NO7S.C9H8BNO2.F2.FH/c1-24(2,3)30-23(28)26-11-9-17(10-12-26)13-19(15-22(27)29-4)20-14-18-7-5-6-8-21(18)25-16-20;1-15(2,3)26-14(22)20-7-5-11(6-8-20)9-12(10-13(21)25-4)27-28(23,24)16(17,18)19;12-10(13)8-5-7-3-1-2-4-9(7)11-6-8;1-2;/h5-8,14-17H,9-13H2,1-4H3;10-11H,5-9H2,1-4H3;1-6,12-13H;;1H/b19-15-;12-10-;;;. The number of rotatable bonds is 10. The molecule has 2 saturated heterocycles. The highest BCUT2D eigenvalue weighted by atomic mass is 32.2. The van der Waals surface area contributed by atoms with E-state index in [4.69, 9.17) is 33.4 Å². The number of hydrogen-bond acceptors (Lipinski definition) is 15. The van der Waals surface area contributed by atoms with Crippen LogP contribution in [0.15, 0.2) is 91.0 Å². The van der Waals surface area contributed by atoms with Gasteiger partial charge in [-0.1, -0.05) is 42.5 Å². The van der Waals surface area contributed by atoms with Crippen LogP contribution in [0.4, 0.5) is 36.6 Å². The normalized spacial score (nSPS) is 14.9. The van der Waals surface area contributed by atoms with Gasteiger partial charge >= 0.3 is 46.9 Å². The van der Waals surface area contributed by atoms with Gasteiger partial charge in [0.2, 0.25) is 0 Å². The van der Waals surface area contributed by atoms with Crippen molar-refractivity contribution in [3.05, 3.63) is 96.5 Å². The minimum Gasteiger partial charge on any atom is -0.466 e. The van der Waals surface area contributed by atoms with Gasteiger partial charge in [0.25, 0.3) is 0 Å². The van der Waals surface area contributed by atoms with Crippen LogP contribution in [0.3, 0.4) is 0 Å². The number of aromatic nitrogens is 2. The summed E-state index contributed by atoms with van der Waals surface area (Å²) in [6.07, 6.45) is 7.61. The summed E-state index contributed by atoms with van der Waals surface area (Å²) in [5, 5.41) is 19.7. The van der Waals surface area contributed by atoms with Gasteiger partial charge in [-0.2, -0.15) is 21.6 Å². The molecule has 2 amide bonds. The zero-order valence-corrected chi connectivity index (χ0v) is 43.1. The fourth-order valence-corrected chi connectivity index (χ4v) is 7.81. The third-order valence-corrected chi connectivity index (χ3v) is 11.9. The molecule has 2 aromatic heterocycles. The minimum absolute atomic E-state index is 0. The number of carbonyl (C=O) groups is 4. The number of alkyl halides is 3. The van der Waals surface area contributed by atoms with Crippen molar-refractivity contribution in [1.82, 2.24) is 19.8 Å². The molecule has 2 aliphatic heterocycles. The molecule has 0 spiro atoms. The molecule has 17 nitrogen and oxygen atoms in total. The number of pyridine rings is 2. The molecule has 2 N–H and O–H groups in total. The lowest BCUT2D eigenvalue weighted by Crippen LogP contribution is -2.41. The minimum atomic E-state index is -5.91. The van der Waals surface area contributed by atoms with Crippen molar-refractivity contribution in [3.63, 3.8) is 0 Å². The van der Waals surface area contributed by atoms with Crippen LogP contribution in [-0.2, 0) is 42.8 Å². The Labute approximate surface area is 426 Å². The molecule has 2 aromatic carbocycles. The second kappa shape index (κ2) is 28.8. The number of para-hydroxylation sites is 2. The fourth-order valence-electron chi connectivity index (χ4n) is 7.32. The average molecular weight is 1070 g/mol. The number of benzene rings is 2. The van der Waals surface area contributed by atoms with Crippen molar-refractivity contribution in [2.24, 2.45) is 11.8 Å². The molecule has 4 heterocycles. The fraction of sp³-hybridized carbons (Fsp3) is 0.469. The van der Waals surface area contributed by atoms with Crippen LogP contribution in [0.25, 0.3) is 27.4 Å². The second-order valence-electron chi connectivity index (χ2n) is 18.8. The summed E-state index contributed by atoms with van der Waals surface area (Å²) in [4.78, 5) is 59.5. The van der Waals surface area contributed by atoms with Gasteiger partial charge in [-0.25, -0.2) is 19.2 Å². The monoisotopic (exact) mass is 1070 g/mol. The van der Waals surface area contributed by atoms with E-state index in [1.165, 1.54) is 18.2 Å². The third kappa shape index (κ3) is 21.2. The highest BCUT2D eigenvalue weighted by Crippen LogP contribution is 2.33. The largest absolute Gasteiger partial charge is 0.534 e. The number of fused-ring (bicyclic) bond motifs is 2. The molecule has 4 aromatic rings. The average Bonchev–Trinajstić information content (AvgIpc) is 3.33. The molecule has 408 valence electrons. The number of ether oxygens (including phenoxy) is 4. The lowest BCUT2D eigenvalue weighted by molar-refractivity contribution is -0.135. The van der Waals surface area contributed by atoms with Crippen molar-refractivity contribution in [3.8, 4) is 0 Å². The van der Waals surface area contributed by atoms with Crippen LogP contribution in [0.2, 0.25) is 0 Å². The molecule has 0 unspecified atom stereocenters. The van der Waals surface area contributed by atoms with Crippen LogP contribution in [0, 0.1) is 11.8 Å². The number of likely N-dealkylation sites (tertiary alicyclic amines) is 2. The maximum absolute atomic E-state index is 12.6. The smallest absolute Gasteiger partial charge is 0.466 e. The predicted octanol–water partition coefficient (Wildman–Crippen LogP) is 8.68. The van der Waals surface area contributed by atoms with E-state index in [0.29, 0.717) is 43.4 Å². The molecule has 0 aliphatic carbocycles. The van der Waals surface area contributed by atoms with E-state index in [9.17, 15) is 40.8 Å². The first-order valence-electron chi connectivity index (χ1n) is 22.9. The molecule has 25 heteroatoms. The Balaban J connectivity index is 0.000000395. The summed E-state index contributed by atoms with van der Waals surface area (Å²) in [5.41, 5.74) is -2.75. The Morgan fingerprint density at radius 1 is 0.689 bits per heavy atom. The molecule has 2 fully saturated rings. The van der Waals surface area contributed by atoms with Crippen molar-refractivity contribution in [2.75, 3.05) is 40.4 Å². The van der Waals surface area contributed by atoms with Crippen LogP contribution < -0.4 is 5.46 Å². The van der Waals surface area contributed by atoms with E-state index >= 15 is 0 Å². The van der Waals surface area contributed by atoms with Crippen molar-refractivity contribution < 1.29 is 87.8 Å². The van der Waals surface area contributed by atoms with E-state index in [2.05, 4.69) is 25.0 Å². The third-order valence-electron chi connectivity index (χ3n) is 10.9. The zero-order valence-electron chi connectivity index (χ0n) is 42.3. The van der Waals surface area contributed by atoms with Gasteiger partial charge in [0.05, 0.1) is 31.3 Å². The van der Waals surface area contributed by atoms with E-state index in [1.54, 1.807) is 37.8 Å². The maximum atomic E-state index is 12.6. The van der Waals surface area contributed by atoms with Gasteiger partial charge in [-0.3, -0.25) is 14.7 Å². The summed E-state index contributed by atoms with van der Waals surface area (Å²) >= 11 is 0. The molecule has 0 atom stereocenters. The van der Waals surface area contributed by atoms with E-state index in [1.807, 2.05) is 75.5 Å². The van der Waals surface area contributed by atoms with Crippen molar-refractivity contribution >= 4 is 74.2 Å². The Kier molecular flexibility index (Phi) is 24.8. The Hall–Kier alpha value is -6.47. The summed E-state index contributed by atoms with van der Waals surface area (Å²) in [5.74, 6) is -2.01. The van der Waals surface area contributed by atoms with E-state index in [-0.39, 0.29) is 42.2 Å². The summed E-state index contributed by atoms with van der Waals surface area (Å²) in [6.45, 7) is 12.6. The van der Waals surface area contributed by atoms with Crippen LogP contribution >= 0.6 is 0 Å². The van der Waals surface area contributed by atoms with Gasteiger partial charge in [-0.15, -0.1) is 0 Å². The van der Waals surface area contributed by atoms with Crippen LogP contribution in [-0.4, -0.2) is 127 Å². The van der Waals surface area contributed by atoms with Crippen molar-refractivity contribution in [1.29, 1.82) is 0 Å². The number of hydrogen-bond donors (Lipinski definition) is 2. The first-order valence-corrected chi connectivity index (χ1v) is 24.3.